The van der Waals surface area contributed by atoms with Gasteiger partial charge in [-0.3, -0.25) is 14.8 Å². The van der Waals surface area contributed by atoms with Gasteiger partial charge in [0, 0.05) is 61.4 Å². The molecular weight excluding hydrogens is 416 g/mol. The Labute approximate surface area is 191 Å². The Morgan fingerprint density at radius 1 is 1.03 bits per heavy atom. The highest BCUT2D eigenvalue weighted by Gasteiger charge is 2.39. The number of hydrogen-bond donors (Lipinski definition) is 1. The lowest BCUT2D eigenvalue weighted by Gasteiger charge is -2.48. The van der Waals surface area contributed by atoms with Crippen LogP contribution in [0.4, 0.5) is 5.82 Å². The maximum absolute atomic E-state index is 13.1. The summed E-state index contributed by atoms with van der Waals surface area (Å²) in [6, 6.07) is 7.58. The van der Waals surface area contributed by atoms with Gasteiger partial charge in [-0.25, -0.2) is 9.97 Å². The summed E-state index contributed by atoms with van der Waals surface area (Å²) < 4.78 is 5.35. The maximum atomic E-state index is 13.1. The molecule has 2 saturated heterocycles. The Bertz CT molecular complexity index is 1310. The van der Waals surface area contributed by atoms with Gasteiger partial charge < -0.3 is 14.6 Å². The number of aromatic nitrogens is 4. The van der Waals surface area contributed by atoms with Crippen molar-refractivity contribution in [2.24, 2.45) is 5.41 Å². The van der Waals surface area contributed by atoms with E-state index in [1.165, 1.54) is 19.2 Å². The Kier molecular flexibility index (Phi) is 4.87. The second-order valence-electron chi connectivity index (χ2n) is 9.05. The average molecular weight is 441 g/mol. The Hall–Kier alpha value is -3.65. The van der Waals surface area contributed by atoms with Gasteiger partial charge in [0.15, 0.2) is 17.9 Å². The van der Waals surface area contributed by atoms with E-state index >= 15 is 0 Å². The van der Waals surface area contributed by atoms with Gasteiger partial charge in [-0.2, -0.15) is 0 Å². The van der Waals surface area contributed by atoms with Gasteiger partial charge in [0.2, 0.25) is 0 Å². The van der Waals surface area contributed by atoms with Crippen molar-refractivity contribution in [3.05, 3.63) is 66.7 Å². The molecule has 166 valence electrons. The second kappa shape index (κ2) is 8.04. The molecule has 0 bridgehead atoms. The molecule has 8 nitrogen and oxygen atoms in total. The molecule has 1 spiro atoms. The van der Waals surface area contributed by atoms with E-state index in [0.717, 1.165) is 48.5 Å². The van der Waals surface area contributed by atoms with Gasteiger partial charge >= 0.3 is 0 Å². The predicted molar refractivity (Wildman–Crippen MR) is 124 cm³/mol. The zero-order valence-electron chi connectivity index (χ0n) is 18.2. The molecule has 0 amide bonds. The molecule has 2 aliphatic heterocycles. The summed E-state index contributed by atoms with van der Waals surface area (Å²) in [7, 11) is 0. The summed E-state index contributed by atoms with van der Waals surface area (Å²) >= 11 is 0. The topological polar surface area (TPSA) is 97.0 Å². The maximum Gasteiger partial charge on any atom is 0.181 e. The van der Waals surface area contributed by atoms with Crippen LogP contribution in [0.5, 0.6) is 0 Å². The van der Waals surface area contributed by atoms with Gasteiger partial charge in [0.25, 0.3) is 0 Å². The highest BCUT2D eigenvalue weighted by molar-refractivity contribution is 5.98. The fraction of sp³-hybridized carbons (Fsp3) is 0.320. The quantitative estimate of drug-likeness (QED) is 0.472. The van der Waals surface area contributed by atoms with Gasteiger partial charge in [0.05, 0.1) is 12.6 Å². The molecular formula is C25H24N6O2. The first-order valence-electron chi connectivity index (χ1n) is 11.3. The fourth-order valence-electron chi connectivity index (χ4n) is 4.73. The number of ketones is 1. The van der Waals surface area contributed by atoms with Crippen LogP contribution in [0.2, 0.25) is 0 Å². The van der Waals surface area contributed by atoms with Crippen molar-refractivity contribution in [3.8, 4) is 11.5 Å². The van der Waals surface area contributed by atoms with Crippen molar-refractivity contribution >= 4 is 22.4 Å². The summed E-state index contributed by atoms with van der Waals surface area (Å²) in [4.78, 5) is 32.7. The van der Waals surface area contributed by atoms with Crippen LogP contribution in [-0.4, -0.2) is 51.9 Å². The van der Waals surface area contributed by atoms with E-state index in [9.17, 15) is 4.79 Å². The van der Waals surface area contributed by atoms with E-state index in [4.69, 9.17) is 4.42 Å². The summed E-state index contributed by atoms with van der Waals surface area (Å²) in [5, 5.41) is 5.26. The number of carbonyl (C=O) groups is 1. The third-order valence-electron chi connectivity index (χ3n) is 6.90. The van der Waals surface area contributed by atoms with Crippen molar-refractivity contribution in [1.82, 2.24) is 25.3 Å². The minimum absolute atomic E-state index is 0.0340. The molecule has 33 heavy (non-hydrogen) atoms. The average Bonchev–Trinajstić information content (AvgIpc) is 3.38. The number of oxazole rings is 1. The van der Waals surface area contributed by atoms with Crippen LogP contribution < -0.4 is 10.2 Å². The molecule has 0 saturated carbocycles. The molecule has 6 heterocycles. The zero-order valence-corrected chi connectivity index (χ0v) is 18.2. The van der Waals surface area contributed by atoms with E-state index < -0.39 is 0 Å². The summed E-state index contributed by atoms with van der Waals surface area (Å²) in [5.74, 6) is 1.52. The first-order valence-corrected chi connectivity index (χ1v) is 11.3. The van der Waals surface area contributed by atoms with Crippen molar-refractivity contribution in [1.29, 1.82) is 0 Å². The van der Waals surface area contributed by atoms with Crippen molar-refractivity contribution in [2.45, 2.75) is 19.3 Å². The van der Waals surface area contributed by atoms with E-state index in [-0.39, 0.29) is 12.2 Å². The van der Waals surface area contributed by atoms with Crippen LogP contribution in [0.15, 0.2) is 59.9 Å². The summed E-state index contributed by atoms with van der Waals surface area (Å²) in [6.07, 6.45) is 10.8. The number of carbonyl (C=O) groups excluding carboxylic acids is 1. The van der Waals surface area contributed by atoms with E-state index in [1.54, 1.807) is 30.9 Å². The van der Waals surface area contributed by atoms with E-state index in [1.807, 2.05) is 18.2 Å². The van der Waals surface area contributed by atoms with Crippen LogP contribution >= 0.6 is 0 Å². The first kappa shape index (κ1) is 20.0. The van der Waals surface area contributed by atoms with E-state index in [2.05, 4.69) is 30.2 Å². The van der Waals surface area contributed by atoms with Gasteiger partial charge in [0.1, 0.15) is 11.5 Å². The summed E-state index contributed by atoms with van der Waals surface area (Å²) in [5.41, 5.74) is 2.57. The molecule has 0 aliphatic carbocycles. The number of nitrogens with one attached hydrogen (secondary N) is 1. The minimum atomic E-state index is 0.0340. The van der Waals surface area contributed by atoms with Gasteiger partial charge in [-0.1, -0.05) is 0 Å². The lowest BCUT2D eigenvalue weighted by atomic mass is 9.73. The number of piperidine rings is 1. The molecule has 0 radical (unpaired) electrons. The largest absolute Gasteiger partial charge is 0.442 e. The van der Waals surface area contributed by atoms with Crippen molar-refractivity contribution in [3.63, 3.8) is 0 Å². The predicted octanol–water partition coefficient (Wildman–Crippen LogP) is 3.29. The SMILES string of the molecule is O=C(Cc1cc2cc(-c3cnco3)ncc2cn1)c1ccnc(N2CCC3(CC2)CNC3)c1. The Morgan fingerprint density at radius 3 is 2.64 bits per heavy atom. The second-order valence-corrected chi connectivity index (χ2v) is 9.05. The molecule has 4 aromatic heterocycles. The molecule has 0 unspecified atom stereocenters. The fourth-order valence-corrected chi connectivity index (χ4v) is 4.73. The van der Waals surface area contributed by atoms with Crippen LogP contribution in [-0.2, 0) is 6.42 Å². The summed E-state index contributed by atoms with van der Waals surface area (Å²) in [6.45, 7) is 4.23. The van der Waals surface area contributed by atoms with Crippen LogP contribution in [0.3, 0.4) is 0 Å². The Morgan fingerprint density at radius 2 is 1.88 bits per heavy atom. The van der Waals surface area contributed by atoms with Crippen LogP contribution in [0, 0.1) is 5.41 Å². The molecule has 2 aliphatic rings. The number of fused-ring (bicyclic) bond motifs is 1. The number of Topliss-reactive ketones (excluding diaryl/α,β-unsaturated/α-hetero) is 1. The molecule has 0 atom stereocenters. The monoisotopic (exact) mass is 440 g/mol. The number of nitrogens with zero attached hydrogens (tertiary/aromatic N) is 5. The van der Waals surface area contributed by atoms with Crippen molar-refractivity contribution in [2.75, 3.05) is 31.1 Å². The molecule has 6 rings (SSSR count). The normalized spacial score (nSPS) is 17.3. The van der Waals surface area contributed by atoms with Gasteiger partial charge in [-0.05, 0) is 47.9 Å². The highest BCUT2D eigenvalue weighted by atomic mass is 16.3. The zero-order chi connectivity index (χ0) is 22.3. The third-order valence-corrected chi connectivity index (χ3v) is 6.90. The van der Waals surface area contributed by atoms with E-state index in [0.29, 0.717) is 22.4 Å². The number of hydrogen-bond acceptors (Lipinski definition) is 8. The standard InChI is InChI=1S/C25H24N6O2/c32-22(17-1-4-28-24(9-17)31-5-2-25(3-6-31)14-27-15-25)10-20-7-18-8-21(23-13-26-16-33-23)30-12-19(18)11-29-20/h1,4,7-9,11-13,16,27H,2-3,5-6,10,14-15H2. The molecule has 1 N–H and O–H groups in total. The highest BCUT2D eigenvalue weighted by Crippen LogP contribution is 2.36. The Balaban J connectivity index is 1.19. The number of anilines is 1. The third kappa shape index (κ3) is 3.87. The van der Waals surface area contributed by atoms with Crippen LogP contribution in [0.25, 0.3) is 22.2 Å². The van der Waals surface area contributed by atoms with Crippen molar-refractivity contribution < 1.29 is 9.21 Å². The lowest BCUT2D eigenvalue weighted by molar-refractivity contribution is 0.0991. The lowest BCUT2D eigenvalue weighted by Crippen LogP contribution is -2.58. The smallest absolute Gasteiger partial charge is 0.181 e. The van der Waals surface area contributed by atoms with Gasteiger partial charge in [-0.15, -0.1) is 0 Å². The number of pyridine rings is 3. The van der Waals surface area contributed by atoms with Crippen LogP contribution in [0.1, 0.15) is 28.9 Å². The molecule has 8 heteroatoms. The molecule has 0 aromatic carbocycles. The molecule has 2 fully saturated rings. The number of rotatable bonds is 5. The molecule has 4 aromatic rings. The first-order chi connectivity index (χ1) is 16.2. The minimum Gasteiger partial charge on any atom is -0.442 e.